The molecule has 1 aromatic rings. The molecule has 0 aliphatic carbocycles. The first-order chi connectivity index (χ1) is 9.29. The van der Waals surface area contributed by atoms with Crippen molar-refractivity contribution >= 4 is 0 Å². The molecule has 0 saturated carbocycles. The largest absolute Gasteiger partial charge is 0.494 e. The molecule has 0 bridgehead atoms. The summed E-state index contributed by atoms with van der Waals surface area (Å²) in [4.78, 5) is 0. The SMILES string of the molecule is CC[C@H](N)c1ccc(OCCCC2CCCO2)cc1. The predicted octanol–water partition coefficient (Wildman–Crippen LogP) is 3.43. The fourth-order valence-electron chi connectivity index (χ4n) is 2.42. The van der Waals surface area contributed by atoms with Crippen LogP contribution in [0, 0.1) is 0 Å². The van der Waals surface area contributed by atoms with E-state index in [4.69, 9.17) is 15.2 Å². The Hall–Kier alpha value is -1.06. The molecule has 106 valence electrons. The second-order valence-corrected chi connectivity index (χ2v) is 5.21. The molecular weight excluding hydrogens is 238 g/mol. The molecule has 2 atom stereocenters. The molecule has 3 heteroatoms. The van der Waals surface area contributed by atoms with Crippen LogP contribution in [-0.4, -0.2) is 19.3 Å². The highest BCUT2D eigenvalue weighted by molar-refractivity contribution is 5.28. The van der Waals surface area contributed by atoms with Gasteiger partial charge in [0.05, 0.1) is 12.7 Å². The Balaban J connectivity index is 1.67. The van der Waals surface area contributed by atoms with Gasteiger partial charge in [-0.2, -0.15) is 0 Å². The Labute approximate surface area is 116 Å². The minimum atomic E-state index is 0.133. The molecule has 1 heterocycles. The molecule has 1 fully saturated rings. The smallest absolute Gasteiger partial charge is 0.119 e. The van der Waals surface area contributed by atoms with Crippen LogP contribution < -0.4 is 10.5 Å². The summed E-state index contributed by atoms with van der Waals surface area (Å²) in [6, 6.07) is 8.27. The van der Waals surface area contributed by atoms with E-state index in [-0.39, 0.29) is 6.04 Å². The van der Waals surface area contributed by atoms with E-state index >= 15 is 0 Å². The van der Waals surface area contributed by atoms with E-state index in [2.05, 4.69) is 19.1 Å². The van der Waals surface area contributed by atoms with Gasteiger partial charge in [-0.15, -0.1) is 0 Å². The van der Waals surface area contributed by atoms with Gasteiger partial charge < -0.3 is 15.2 Å². The lowest BCUT2D eigenvalue weighted by atomic mass is 10.1. The predicted molar refractivity (Wildman–Crippen MR) is 77.4 cm³/mol. The van der Waals surface area contributed by atoms with Crippen molar-refractivity contribution < 1.29 is 9.47 Å². The molecule has 19 heavy (non-hydrogen) atoms. The van der Waals surface area contributed by atoms with Gasteiger partial charge in [0.25, 0.3) is 0 Å². The standard InChI is InChI=1S/C16H25NO2/c1-2-16(17)13-7-9-15(10-8-13)19-12-4-6-14-5-3-11-18-14/h7-10,14,16H,2-6,11-12,17H2,1H3/t14?,16-/m0/s1. The molecule has 0 radical (unpaired) electrons. The number of rotatable bonds is 7. The van der Waals surface area contributed by atoms with Gasteiger partial charge in [-0.05, 0) is 49.8 Å². The van der Waals surface area contributed by atoms with Crippen LogP contribution in [0.3, 0.4) is 0 Å². The highest BCUT2D eigenvalue weighted by Gasteiger charge is 2.14. The molecule has 2 rings (SSSR count). The van der Waals surface area contributed by atoms with Gasteiger partial charge in [0.1, 0.15) is 5.75 Å². The maximum Gasteiger partial charge on any atom is 0.119 e. The molecule has 1 aliphatic rings. The summed E-state index contributed by atoms with van der Waals surface area (Å²) in [5.74, 6) is 0.930. The quantitative estimate of drug-likeness (QED) is 0.766. The van der Waals surface area contributed by atoms with Crippen LogP contribution in [0.1, 0.15) is 50.6 Å². The molecule has 1 aromatic carbocycles. The highest BCUT2D eigenvalue weighted by atomic mass is 16.5. The minimum absolute atomic E-state index is 0.133. The van der Waals surface area contributed by atoms with Gasteiger partial charge in [-0.3, -0.25) is 0 Å². The van der Waals surface area contributed by atoms with Crippen molar-refractivity contribution in [3.05, 3.63) is 29.8 Å². The third kappa shape index (κ3) is 4.51. The van der Waals surface area contributed by atoms with Crippen LogP contribution in [0.15, 0.2) is 24.3 Å². The lowest BCUT2D eigenvalue weighted by Gasteiger charge is -2.12. The Kier molecular flexibility index (Phi) is 5.67. The maximum absolute atomic E-state index is 5.98. The molecule has 1 saturated heterocycles. The van der Waals surface area contributed by atoms with Crippen molar-refractivity contribution in [2.75, 3.05) is 13.2 Å². The summed E-state index contributed by atoms with van der Waals surface area (Å²) in [6.07, 6.45) is 6.02. The summed E-state index contributed by atoms with van der Waals surface area (Å²) in [5, 5.41) is 0. The number of nitrogens with two attached hydrogens (primary N) is 1. The zero-order valence-electron chi connectivity index (χ0n) is 11.8. The van der Waals surface area contributed by atoms with Gasteiger partial charge in [0, 0.05) is 12.6 Å². The van der Waals surface area contributed by atoms with Gasteiger partial charge in [0.2, 0.25) is 0 Å². The summed E-state index contributed by atoms with van der Waals surface area (Å²) in [5.41, 5.74) is 7.16. The van der Waals surface area contributed by atoms with Crippen molar-refractivity contribution in [1.82, 2.24) is 0 Å². The first-order valence-electron chi connectivity index (χ1n) is 7.39. The summed E-state index contributed by atoms with van der Waals surface area (Å²) in [6.45, 7) is 3.80. The lowest BCUT2D eigenvalue weighted by molar-refractivity contribution is 0.0981. The van der Waals surface area contributed by atoms with E-state index in [0.29, 0.717) is 6.10 Å². The Morgan fingerprint density at radius 3 is 2.79 bits per heavy atom. The molecule has 0 spiro atoms. The second kappa shape index (κ2) is 7.51. The average Bonchev–Trinajstić information content (AvgIpc) is 2.96. The first-order valence-corrected chi connectivity index (χ1v) is 7.39. The number of benzene rings is 1. The van der Waals surface area contributed by atoms with E-state index in [1.165, 1.54) is 18.4 Å². The van der Waals surface area contributed by atoms with Crippen LogP contribution >= 0.6 is 0 Å². The van der Waals surface area contributed by atoms with Crippen molar-refractivity contribution in [1.29, 1.82) is 0 Å². The van der Waals surface area contributed by atoms with Gasteiger partial charge in [-0.1, -0.05) is 19.1 Å². The van der Waals surface area contributed by atoms with Crippen LogP contribution in [0.5, 0.6) is 5.75 Å². The topological polar surface area (TPSA) is 44.5 Å². The van der Waals surface area contributed by atoms with E-state index < -0.39 is 0 Å². The first kappa shape index (κ1) is 14.4. The summed E-state index contributed by atoms with van der Waals surface area (Å²) < 4.78 is 11.3. The van der Waals surface area contributed by atoms with Gasteiger partial charge in [-0.25, -0.2) is 0 Å². The number of hydrogen-bond acceptors (Lipinski definition) is 3. The van der Waals surface area contributed by atoms with Crippen molar-refractivity contribution in [3.8, 4) is 5.75 Å². The van der Waals surface area contributed by atoms with Crippen LogP contribution in [0.25, 0.3) is 0 Å². The third-order valence-corrected chi connectivity index (χ3v) is 3.71. The third-order valence-electron chi connectivity index (χ3n) is 3.71. The van der Waals surface area contributed by atoms with Crippen LogP contribution in [0.2, 0.25) is 0 Å². The molecule has 2 N–H and O–H groups in total. The monoisotopic (exact) mass is 263 g/mol. The summed E-state index contributed by atoms with van der Waals surface area (Å²) >= 11 is 0. The highest BCUT2D eigenvalue weighted by Crippen LogP contribution is 2.19. The Morgan fingerprint density at radius 1 is 1.37 bits per heavy atom. The number of hydrogen-bond donors (Lipinski definition) is 1. The fraction of sp³-hybridized carbons (Fsp3) is 0.625. The van der Waals surface area contributed by atoms with Crippen molar-refractivity contribution in [2.24, 2.45) is 5.73 Å². The Bertz CT molecular complexity index is 358. The van der Waals surface area contributed by atoms with Crippen molar-refractivity contribution in [2.45, 2.75) is 51.2 Å². The molecule has 1 unspecified atom stereocenters. The van der Waals surface area contributed by atoms with E-state index in [9.17, 15) is 0 Å². The molecular formula is C16H25NO2. The zero-order valence-corrected chi connectivity index (χ0v) is 11.8. The van der Waals surface area contributed by atoms with Crippen LogP contribution in [0.4, 0.5) is 0 Å². The van der Waals surface area contributed by atoms with Crippen molar-refractivity contribution in [3.63, 3.8) is 0 Å². The Morgan fingerprint density at radius 2 is 2.16 bits per heavy atom. The lowest BCUT2D eigenvalue weighted by Crippen LogP contribution is -2.09. The molecule has 0 aromatic heterocycles. The van der Waals surface area contributed by atoms with Gasteiger partial charge in [0.15, 0.2) is 0 Å². The molecule has 0 amide bonds. The van der Waals surface area contributed by atoms with E-state index in [1.54, 1.807) is 0 Å². The number of ether oxygens (including phenoxy) is 2. The second-order valence-electron chi connectivity index (χ2n) is 5.21. The minimum Gasteiger partial charge on any atom is -0.494 e. The van der Waals surface area contributed by atoms with Gasteiger partial charge >= 0.3 is 0 Å². The summed E-state index contributed by atoms with van der Waals surface area (Å²) in [7, 11) is 0. The van der Waals surface area contributed by atoms with E-state index in [1.807, 2.05) is 12.1 Å². The fourth-order valence-corrected chi connectivity index (χ4v) is 2.42. The maximum atomic E-state index is 5.98. The van der Waals surface area contributed by atoms with Crippen LogP contribution in [-0.2, 0) is 4.74 Å². The van der Waals surface area contributed by atoms with E-state index in [0.717, 1.165) is 38.2 Å². The normalized spacial score (nSPS) is 20.4. The average molecular weight is 263 g/mol. The molecule has 3 nitrogen and oxygen atoms in total. The zero-order chi connectivity index (χ0) is 13.5. The molecule has 1 aliphatic heterocycles.